The van der Waals surface area contributed by atoms with Gasteiger partial charge in [0.15, 0.2) is 5.60 Å². The molecule has 0 aliphatic heterocycles. The number of esters is 1. The van der Waals surface area contributed by atoms with Crippen molar-refractivity contribution in [3.8, 4) is 5.75 Å². The lowest BCUT2D eigenvalue weighted by molar-refractivity contribution is -0.156. The van der Waals surface area contributed by atoms with E-state index in [9.17, 15) is 14.0 Å². The summed E-state index contributed by atoms with van der Waals surface area (Å²) in [4.78, 5) is 22.6. The van der Waals surface area contributed by atoms with Crippen LogP contribution in [0.1, 0.15) is 88.5 Å². The van der Waals surface area contributed by atoms with Crippen LogP contribution in [0.3, 0.4) is 0 Å². The van der Waals surface area contributed by atoms with Crippen molar-refractivity contribution in [2.24, 2.45) is 0 Å². The lowest BCUT2D eigenvalue weighted by Crippen LogP contribution is -2.39. The third-order valence-electron chi connectivity index (χ3n) is 7.13. The van der Waals surface area contributed by atoms with Gasteiger partial charge in [-0.25, -0.2) is 9.18 Å². The van der Waals surface area contributed by atoms with Gasteiger partial charge in [-0.15, -0.1) is 0 Å². The van der Waals surface area contributed by atoms with Crippen molar-refractivity contribution in [2.45, 2.75) is 78.7 Å². The van der Waals surface area contributed by atoms with Crippen molar-refractivity contribution in [3.63, 3.8) is 0 Å². The zero-order chi connectivity index (χ0) is 32.3. The molecule has 0 saturated heterocycles. The van der Waals surface area contributed by atoms with Gasteiger partial charge < -0.3 is 14.8 Å². The number of carbonyl (C=O) groups excluding carboxylic acids is 2. The van der Waals surface area contributed by atoms with E-state index in [2.05, 4.69) is 32.2 Å². The molecule has 232 valence electrons. The topological polar surface area (TPSA) is 64.6 Å². The standard InChI is InChI=1S/C19H27ClO3.C16H15ClFNO/c1-7-8-13(2)11-14(3)16-12-15(20)9-10-17(16)23-19(4,5)18(21)22-6;1-10-3-5-13(18)8-15(10)11(2)14-6-4-12(17)7-16(14)19-9-20/h8-10,12,14H,7,11H2,1-6H3;3-9,11H,1-2H3,(H,19,20)/b13-8-;. The minimum atomic E-state index is -1.05. The minimum Gasteiger partial charge on any atom is -0.476 e. The number of nitrogens with one attached hydrogen (secondary N) is 1. The molecule has 0 heterocycles. The van der Waals surface area contributed by atoms with Gasteiger partial charge in [-0.3, -0.25) is 4.79 Å². The molecule has 8 heteroatoms. The van der Waals surface area contributed by atoms with E-state index in [4.69, 9.17) is 32.7 Å². The Labute approximate surface area is 265 Å². The van der Waals surface area contributed by atoms with Crippen LogP contribution in [0.2, 0.25) is 10.0 Å². The highest BCUT2D eigenvalue weighted by molar-refractivity contribution is 6.31. The zero-order valence-electron chi connectivity index (χ0n) is 26.2. The number of benzene rings is 3. The van der Waals surface area contributed by atoms with Crippen molar-refractivity contribution in [2.75, 3.05) is 12.4 Å². The second kappa shape index (κ2) is 16.5. The Balaban J connectivity index is 0.000000303. The number of hydrogen-bond acceptors (Lipinski definition) is 4. The number of hydrogen-bond donors (Lipinski definition) is 1. The fourth-order valence-corrected chi connectivity index (χ4v) is 5.28. The number of halogens is 3. The van der Waals surface area contributed by atoms with Crippen LogP contribution >= 0.6 is 23.2 Å². The van der Waals surface area contributed by atoms with Gasteiger partial charge in [0.1, 0.15) is 11.6 Å². The molecule has 43 heavy (non-hydrogen) atoms. The lowest BCUT2D eigenvalue weighted by Gasteiger charge is -2.26. The summed E-state index contributed by atoms with van der Waals surface area (Å²) in [5, 5.41) is 3.85. The number of aryl methyl sites for hydroxylation is 1. The van der Waals surface area contributed by atoms with Crippen molar-refractivity contribution in [1.29, 1.82) is 0 Å². The Hall–Kier alpha value is -3.35. The smallest absolute Gasteiger partial charge is 0.349 e. The molecule has 0 radical (unpaired) electrons. The fraction of sp³-hybridized carbons (Fsp3) is 0.371. The Morgan fingerprint density at radius 3 is 2.28 bits per heavy atom. The van der Waals surface area contributed by atoms with Crippen LogP contribution in [0.25, 0.3) is 0 Å². The highest BCUT2D eigenvalue weighted by Crippen LogP contribution is 2.36. The molecule has 0 saturated carbocycles. The van der Waals surface area contributed by atoms with E-state index in [1.165, 1.54) is 24.8 Å². The second-order valence-electron chi connectivity index (χ2n) is 11.1. The molecule has 2 unspecified atom stereocenters. The van der Waals surface area contributed by atoms with Gasteiger partial charge in [0.05, 0.1) is 7.11 Å². The van der Waals surface area contributed by atoms with Crippen LogP contribution in [0, 0.1) is 12.7 Å². The third kappa shape index (κ3) is 10.4. The monoisotopic (exact) mass is 629 g/mol. The molecular weight excluding hydrogens is 588 g/mol. The van der Waals surface area contributed by atoms with E-state index in [1.807, 2.05) is 32.0 Å². The first-order valence-electron chi connectivity index (χ1n) is 14.2. The van der Waals surface area contributed by atoms with E-state index >= 15 is 0 Å². The SMILES string of the molecule is CC/C=C(/C)CC(C)c1cc(Cl)ccc1OC(C)(C)C(=O)OC.Cc1ccc(F)cc1C(C)c1ccc(Cl)cc1NC=O. The predicted molar refractivity (Wildman–Crippen MR) is 175 cm³/mol. The number of carbonyl (C=O) groups is 2. The summed E-state index contributed by atoms with van der Waals surface area (Å²) in [6, 6.07) is 15.5. The predicted octanol–water partition coefficient (Wildman–Crippen LogP) is 10.0. The van der Waals surface area contributed by atoms with E-state index in [0.717, 1.165) is 35.1 Å². The van der Waals surface area contributed by atoms with Gasteiger partial charge in [0.2, 0.25) is 6.41 Å². The number of amides is 1. The molecule has 0 aliphatic carbocycles. The van der Waals surface area contributed by atoms with Crippen LogP contribution in [0.4, 0.5) is 10.1 Å². The molecule has 0 spiro atoms. The summed E-state index contributed by atoms with van der Waals surface area (Å²) in [7, 11) is 1.36. The highest BCUT2D eigenvalue weighted by Gasteiger charge is 2.32. The van der Waals surface area contributed by atoms with Crippen LogP contribution in [0.5, 0.6) is 5.75 Å². The van der Waals surface area contributed by atoms with Crippen molar-refractivity contribution >= 4 is 41.3 Å². The number of rotatable bonds is 11. The number of ether oxygens (including phenoxy) is 2. The van der Waals surface area contributed by atoms with Crippen LogP contribution in [-0.4, -0.2) is 25.1 Å². The fourth-order valence-electron chi connectivity index (χ4n) is 4.92. The van der Waals surface area contributed by atoms with Gasteiger partial charge >= 0.3 is 5.97 Å². The summed E-state index contributed by atoms with van der Waals surface area (Å²) >= 11 is 12.1. The average Bonchev–Trinajstić information content (AvgIpc) is 2.95. The molecule has 0 aliphatic rings. The van der Waals surface area contributed by atoms with Crippen LogP contribution < -0.4 is 10.1 Å². The Bertz CT molecular complexity index is 1440. The molecule has 0 fully saturated rings. The quantitative estimate of drug-likeness (QED) is 0.130. The second-order valence-corrected chi connectivity index (χ2v) is 11.9. The Kier molecular flexibility index (Phi) is 13.7. The summed E-state index contributed by atoms with van der Waals surface area (Å²) in [6.45, 7) is 13.7. The van der Waals surface area contributed by atoms with Gasteiger partial charge in [-0.2, -0.15) is 0 Å². The van der Waals surface area contributed by atoms with E-state index < -0.39 is 11.6 Å². The maximum Gasteiger partial charge on any atom is 0.349 e. The van der Waals surface area contributed by atoms with Gasteiger partial charge in [0.25, 0.3) is 0 Å². The zero-order valence-corrected chi connectivity index (χ0v) is 27.7. The summed E-state index contributed by atoms with van der Waals surface area (Å²) in [5.74, 6) is 0.177. The van der Waals surface area contributed by atoms with Crippen molar-refractivity contribution in [1.82, 2.24) is 0 Å². The number of anilines is 1. The van der Waals surface area contributed by atoms with Crippen molar-refractivity contribution < 1.29 is 23.5 Å². The maximum atomic E-state index is 13.4. The van der Waals surface area contributed by atoms with Gasteiger partial charge in [-0.05, 0) is 111 Å². The Morgan fingerprint density at radius 1 is 1.00 bits per heavy atom. The van der Waals surface area contributed by atoms with Crippen LogP contribution in [-0.2, 0) is 14.3 Å². The molecule has 1 amide bonds. The molecule has 2 atom stereocenters. The van der Waals surface area contributed by atoms with Crippen molar-refractivity contribution in [3.05, 3.63) is 104 Å². The molecule has 1 N–H and O–H groups in total. The average molecular weight is 631 g/mol. The first-order chi connectivity index (χ1) is 20.2. The van der Waals surface area contributed by atoms with Gasteiger partial charge in [0, 0.05) is 21.7 Å². The summed E-state index contributed by atoms with van der Waals surface area (Å²) in [5.41, 5.74) is 4.72. The summed E-state index contributed by atoms with van der Waals surface area (Å²) in [6.07, 6.45) is 4.77. The van der Waals surface area contributed by atoms with E-state index in [0.29, 0.717) is 27.9 Å². The van der Waals surface area contributed by atoms with E-state index in [1.54, 1.807) is 38.1 Å². The minimum absolute atomic E-state index is 0.0505. The largest absolute Gasteiger partial charge is 0.476 e. The molecule has 0 aromatic heterocycles. The number of allylic oxidation sites excluding steroid dienone is 2. The lowest BCUT2D eigenvalue weighted by atomic mass is 9.89. The first-order valence-corrected chi connectivity index (χ1v) is 15.0. The molecule has 3 aromatic rings. The molecule has 0 bridgehead atoms. The van der Waals surface area contributed by atoms with Crippen LogP contribution in [0.15, 0.2) is 66.2 Å². The maximum absolute atomic E-state index is 13.4. The highest BCUT2D eigenvalue weighted by atomic mass is 35.5. The molecule has 3 aromatic carbocycles. The molecule has 5 nitrogen and oxygen atoms in total. The number of methoxy groups -OCH3 is 1. The summed E-state index contributed by atoms with van der Waals surface area (Å²) < 4.78 is 24.2. The molecular formula is C35H42Cl2FNO4. The van der Waals surface area contributed by atoms with E-state index in [-0.39, 0.29) is 17.7 Å². The molecule has 3 rings (SSSR count). The normalized spacial score (nSPS) is 12.9. The van der Waals surface area contributed by atoms with Gasteiger partial charge in [-0.1, -0.05) is 67.8 Å². The third-order valence-corrected chi connectivity index (χ3v) is 7.60. The Morgan fingerprint density at radius 2 is 1.65 bits per heavy atom. The first kappa shape index (κ1) is 35.8.